The number of hydrogen-bond donors (Lipinski definition) is 1. The molecule has 0 unspecified atom stereocenters. The molecule has 4 nitrogen and oxygen atoms in total. The summed E-state index contributed by atoms with van der Waals surface area (Å²) >= 11 is 12.3. The van der Waals surface area contributed by atoms with E-state index in [1.54, 1.807) is 36.4 Å². The molecule has 2 amide bonds. The van der Waals surface area contributed by atoms with Crippen LogP contribution < -0.4 is 5.32 Å². The molecule has 0 spiro atoms. The summed E-state index contributed by atoms with van der Waals surface area (Å²) in [6.07, 6.45) is 0.246. The minimum absolute atomic E-state index is 0.0465. The van der Waals surface area contributed by atoms with Gasteiger partial charge in [0.15, 0.2) is 0 Å². The van der Waals surface area contributed by atoms with Crippen LogP contribution in [0.4, 0.5) is 4.39 Å². The van der Waals surface area contributed by atoms with Crippen molar-refractivity contribution in [1.29, 1.82) is 0 Å². The molecule has 0 aliphatic carbocycles. The number of carbonyl (C=O) groups is 2. The quantitative estimate of drug-likeness (QED) is 0.437. The van der Waals surface area contributed by atoms with E-state index in [1.807, 2.05) is 37.3 Å². The van der Waals surface area contributed by atoms with Crippen LogP contribution in [0.25, 0.3) is 0 Å². The lowest BCUT2D eigenvalue weighted by molar-refractivity contribution is -0.140. The predicted octanol–water partition coefficient (Wildman–Crippen LogP) is 5.45. The SMILES string of the molecule is CCNC(=O)[C@H](Cc1ccccc1)N(Cc1ccccc1F)C(=O)Cc1ccc(Cl)cc1Cl. The van der Waals surface area contributed by atoms with E-state index in [9.17, 15) is 14.0 Å². The number of rotatable bonds is 9. The topological polar surface area (TPSA) is 49.4 Å². The Hall–Kier alpha value is -2.89. The maximum atomic E-state index is 14.5. The van der Waals surface area contributed by atoms with Crippen LogP contribution >= 0.6 is 23.2 Å². The second kappa shape index (κ2) is 11.8. The highest BCUT2D eigenvalue weighted by Gasteiger charge is 2.31. The van der Waals surface area contributed by atoms with Crippen LogP contribution in [0.2, 0.25) is 10.0 Å². The largest absolute Gasteiger partial charge is 0.355 e. The molecule has 3 rings (SSSR count). The fraction of sp³-hybridized carbons (Fsp3) is 0.231. The van der Waals surface area contributed by atoms with Crippen molar-refractivity contribution in [2.75, 3.05) is 6.54 Å². The Morgan fingerprint density at radius 1 is 0.970 bits per heavy atom. The van der Waals surface area contributed by atoms with Crippen LogP contribution in [0.5, 0.6) is 0 Å². The molecule has 0 saturated heterocycles. The zero-order valence-electron chi connectivity index (χ0n) is 18.2. The van der Waals surface area contributed by atoms with Crippen molar-refractivity contribution in [3.8, 4) is 0 Å². The molecular formula is C26H25Cl2FN2O2. The minimum Gasteiger partial charge on any atom is -0.355 e. The summed E-state index contributed by atoms with van der Waals surface area (Å²) in [7, 11) is 0. The van der Waals surface area contributed by atoms with Crippen molar-refractivity contribution in [3.05, 3.63) is 105 Å². The van der Waals surface area contributed by atoms with Crippen LogP contribution in [0, 0.1) is 5.82 Å². The van der Waals surface area contributed by atoms with Gasteiger partial charge in [-0.15, -0.1) is 0 Å². The molecular weight excluding hydrogens is 462 g/mol. The van der Waals surface area contributed by atoms with Crippen molar-refractivity contribution < 1.29 is 14.0 Å². The summed E-state index contributed by atoms with van der Waals surface area (Å²) in [6.45, 7) is 2.17. The Morgan fingerprint density at radius 2 is 1.67 bits per heavy atom. The summed E-state index contributed by atoms with van der Waals surface area (Å²) < 4.78 is 14.5. The first-order valence-corrected chi connectivity index (χ1v) is 11.4. The van der Waals surface area contributed by atoms with Gasteiger partial charge in [-0.05, 0) is 36.2 Å². The van der Waals surface area contributed by atoms with E-state index in [0.29, 0.717) is 34.1 Å². The Labute approximate surface area is 203 Å². The molecule has 0 fully saturated rings. The fourth-order valence-corrected chi connectivity index (χ4v) is 4.06. The molecule has 7 heteroatoms. The molecule has 0 saturated carbocycles. The van der Waals surface area contributed by atoms with Gasteiger partial charge >= 0.3 is 0 Å². The molecule has 0 radical (unpaired) electrons. The first-order valence-electron chi connectivity index (χ1n) is 10.7. The summed E-state index contributed by atoms with van der Waals surface area (Å²) in [5.74, 6) is -1.07. The van der Waals surface area contributed by atoms with E-state index < -0.39 is 11.9 Å². The number of halogens is 3. The lowest BCUT2D eigenvalue weighted by Gasteiger charge is -2.31. The summed E-state index contributed by atoms with van der Waals surface area (Å²) in [6, 6.07) is 19.8. The second-order valence-corrected chi connectivity index (χ2v) is 8.47. The maximum Gasteiger partial charge on any atom is 0.243 e. The lowest BCUT2D eigenvalue weighted by Crippen LogP contribution is -2.51. The summed E-state index contributed by atoms with van der Waals surface area (Å²) in [4.78, 5) is 28.1. The smallest absolute Gasteiger partial charge is 0.243 e. The molecule has 3 aromatic carbocycles. The first kappa shape index (κ1) is 24.7. The number of nitrogens with one attached hydrogen (secondary N) is 1. The highest BCUT2D eigenvalue weighted by Crippen LogP contribution is 2.24. The van der Waals surface area contributed by atoms with Gasteiger partial charge < -0.3 is 10.2 Å². The van der Waals surface area contributed by atoms with Gasteiger partial charge in [-0.1, -0.05) is 77.8 Å². The van der Waals surface area contributed by atoms with Gasteiger partial charge in [0.2, 0.25) is 11.8 Å². The third-order valence-corrected chi connectivity index (χ3v) is 5.86. The minimum atomic E-state index is -0.828. The first-order chi connectivity index (χ1) is 15.9. The Bertz CT molecular complexity index is 1110. The zero-order chi connectivity index (χ0) is 23.8. The second-order valence-electron chi connectivity index (χ2n) is 7.63. The molecule has 0 bridgehead atoms. The molecule has 1 N–H and O–H groups in total. The average Bonchev–Trinajstić information content (AvgIpc) is 2.80. The molecule has 0 heterocycles. The molecule has 0 aromatic heterocycles. The highest BCUT2D eigenvalue weighted by atomic mass is 35.5. The van der Waals surface area contributed by atoms with E-state index in [-0.39, 0.29) is 24.8 Å². The van der Waals surface area contributed by atoms with Crippen molar-refractivity contribution >= 4 is 35.0 Å². The van der Waals surface area contributed by atoms with Crippen molar-refractivity contribution in [3.63, 3.8) is 0 Å². The third kappa shape index (κ3) is 6.80. The molecule has 33 heavy (non-hydrogen) atoms. The van der Waals surface area contributed by atoms with E-state index in [0.717, 1.165) is 5.56 Å². The van der Waals surface area contributed by atoms with Crippen LogP contribution in [-0.2, 0) is 29.0 Å². The monoisotopic (exact) mass is 486 g/mol. The van der Waals surface area contributed by atoms with Gasteiger partial charge in [0, 0.05) is 35.1 Å². The Kier molecular flexibility index (Phi) is 8.87. The van der Waals surface area contributed by atoms with Crippen LogP contribution in [0.15, 0.2) is 72.8 Å². The van der Waals surface area contributed by atoms with Gasteiger partial charge in [0.1, 0.15) is 11.9 Å². The molecule has 3 aromatic rings. The number of carbonyl (C=O) groups excluding carboxylic acids is 2. The van der Waals surface area contributed by atoms with Crippen molar-refractivity contribution in [1.82, 2.24) is 10.2 Å². The van der Waals surface area contributed by atoms with Gasteiger partial charge in [-0.3, -0.25) is 9.59 Å². The van der Waals surface area contributed by atoms with Gasteiger partial charge in [-0.2, -0.15) is 0 Å². The normalized spacial score (nSPS) is 11.6. The van der Waals surface area contributed by atoms with Crippen LogP contribution in [0.1, 0.15) is 23.6 Å². The molecule has 1 atom stereocenters. The maximum absolute atomic E-state index is 14.5. The molecule has 0 aliphatic heterocycles. The molecule has 172 valence electrons. The number of likely N-dealkylation sites (N-methyl/N-ethyl adjacent to an activating group) is 1. The zero-order valence-corrected chi connectivity index (χ0v) is 19.7. The molecule has 0 aliphatic rings. The van der Waals surface area contributed by atoms with Crippen LogP contribution in [0.3, 0.4) is 0 Å². The van der Waals surface area contributed by atoms with Crippen molar-refractivity contribution in [2.45, 2.75) is 32.4 Å². The van der Waals surface area contributed by atoms with Gasteiger partial charge in [0.25, 0.3) is 0 Å². The third-order valence-electron chi connectivity index (χ3n) is 5.28. The number of amides is 2. The Morgan fingerprint density at radius 3 is 2.33 bits per heavy atom. The van der Waals surface area contributed by atoms with Gasteiger partial charge in [-0.25, -0.2) is 4.39 Å². The van der Waals surface area contributed by atoms with E-state index in [2.05, 4.69) is 5.32 Å². The van der Waals surface area contributed by atoms with Crippen LogP contribution in [-0.4, -0.2) is 29.3 Å². The average molecular weight is 487 g/mol. The number of nitrogens with zero attached hydrogens (tertiary/aromatic N) is 1. The van der Waals surface area contributed by atoms with Gasteiger partial charge in [0.05, 0.1) is 6.42 Å². The number of hydrogen-bond acceptors (Lipinski definition) is 2. The highest BCUT2D eigenvalue weighted by molar-refractivity contribution is 6.35. The summed E-state index contributed by atoms with van der Waals surface area (Å²) in [5.41, 5.74) is 1.80. The van der Waals surface area contributed by atoms with E-state index >= 15 is 0 Å². The lowest BCUT2D eigenvalue weighted by atomic mass is 10.0. The summed E-state index contributed by atoms with van der Waals surface area (Å²) in [5, 5.41) is 3.64. The Balaban J connectivity index is 1.98. The fourth-order valence-electron chi connectivity index (χ4n) is 3.59. The van der Waals surface area contributed by atoms with E-state index in [1.165, 1.54) is 11.0 Å². The predicted molar refractivity (Wildman–Crippen MR) is 130 cm³/mol. The van der Waals surface area contributed by atoms with E-state index in [4.69, 9.17) is 23.2 Å². The van der Waals surface area contributed by atoms with Crippen molar-refractivity contribution in [2.24, 2.45) is 0 Å². The number of benzene rings is 3. The standard InChI is InChI=1S/C26H25Cl2FN2O2/c1-2-30-26(33)24(14-18-8-4-3-5-9-18)31(17-20-10-6-7-11-23(20)29)25(32)15-19-12-13-21(27)16-22(19)28/h3-13,16,24H,2,14-15,17H2,1H3,(H,30,33)/t24-/m0/s1.